The second-order valence-corrected chi connectivity index (χ2v) is 7.15. The van der Waals surface area contributed by atoms with Crippen molar-refractivity contribution in [2.45, 2.75) is 19.4 Å². The molecule has 6 heteroatoms. The molecule has 2 aromatic heterocycles. The Morgan fingerprint density at radius 1 is 1.29 bits per heavy atom. The average molecular weight is 378 g/mol. The van der Waals surface area contributed by atoms with E-state index in [1.807, 2.05) is 18.2 Å². The molecule has 0 saturated carbocycles. The van der Waals surface area contributed by atoms with Crippen LogP contribution in [0.3, 0.4) is 0 Å². The number of ether oxygens (including phenoxy) is 1. The van der Waals surface area contributed by atoms with E-state index >= 15 is 0 Å². The number of halogens is 1. The molecule has 5 nitrogen and oxygen atoms in total. The molecule has 0 aliphatic carbocycles. The van der Waals surface area contributed by atoms with E-state index in [2.05, 4.69) is 28.2 Å². The monoisotopic (exact) mass is 378 g/mol. The van der Waals surface area contributed by atoms with Crippen molar-refractivity contribution in [3.63, 3.8) is 0 Å². The highest BCUT2D eigenvalue weighted by Crippen LogP contribution is 2.33. The average Bonchev–Trinajstić information content (AvgIpc) is 3.38. The van der Waals surface area contributed by atoms with Gasteiger partial charge in [0.1, 0.15) is 0 Å². The molecule has 1 aliphatic rings. The molecule has 144 valence electrons. The van der Waals surface area contributed by atoms with Crippen molar-refractivity contribution in [1.29, 1.82) is 5.26 Å². The zero-order valence-electron chi connectivity index (χ0n) is 15.7. The van der Waals surface area contributed by atoms with Gasteiger partial charge in [0.2, 0.25) is 5.88 Å². The lowest BCUT2D eigenvalue weighted by Crippen LogP contribution is -2.14. The highest BCUT2D eigenvalue weighted by Gasteiger charge is 2.18. The molecule has 1 fully saturated rings. The van der Waals surface area contributed by atoms with Gasteiger partial charge in [-0.05, 0) is 55.3 Å². The summed E-state index contributed by atoms with van der Waals surface area (Å²) in [4.78, 5) is 4.72. The second kappa shape index (κ2) is 8.41. The van der Waals surface area contributed by atoms with Crippen LogP contribution in [0.2, 0.25) is 0 Å². The summed E-state index contributed by atoms with van der Waals surface area (Å²) < 4.78 is 20.6. The minimum Gasteiger partial charge on any atom is -0.477 e. The van der Waals surface area contributed by atoms with E-state index in [0.29, 0.717) is 23.8 Å². The molecule has 0 radical (unpaired) electrons. The van der Waals surface area contributed by atoms with Crippen LogP contribution in [0.5, 0.6) is 5.88 Å². The Bertz CT molecular complexity index is 984. The minimum absolute atomic E-state index is 0.284. The number of rotatable bonds is 7. The highest BCUT2D eigenvalue weighted by atomic mass is 19.1. The van der Waals surface area contributed by atoms with Crippen LogP contribution in [0, 0.1) is 17.2 Å². The Balaban J connectivity index is 1.73. The zero-order chi connectivity index (χ0) is 19.3. The Labute approximate surface area is 163 Å². The first-order valence-electron chi connectivity index (χ1n) is 9.68. The maximum atomic E-state index is 12.5. The molecule has 28 heavy (non-hydrogen) atoms. The van der Waals surface area contributed by atoms with E-state index in [0.717, 1.165) is 41.8 Å². The number of hydrogen-bond donors (Lipinski definition) is 1. The summed E-state index contributed by atoms with van der Waals surface area (Å²) in [5.74, 6) is 1.13. The Morgan fingerprint density at radius 3 is 2.86 bits per heavy atom. The first-order chi connectivity index (χ1) is 13.8. The molecule has 3 aromatic rings. The molecular formula is C22H23FN4O. The van der Waals surface area contributed by atoms with Crippen molar-refractivity contribution < 1.29 is 9.13 Å². The van der Waals surface area contributed by atoms with Crippen molar-refractivity contribution in [2.24, 2.45) is 5.92 Å². The third kappa shape index (κ3) is 3.85. The van der Waals surface area contributed by atoms with Crippen LogP contribution in [-0.2, 0) is 6.54 Å². The van der Waals surface area contributed by atoms with Crippen LogP contribution in [-0.4, -0.2) is 35.9 Å². The molecule has 1 atom stereocenters. The SMILES string of the molecule is N#Cc1ccc(-c2cc3c(ccn3C[C@H]3CCNC3)nc2OCCCF)cc1. The lowest BCUT2D eigenvalue weighted by molar-refractivity contribution is 0.282. The van der Waals surface area contributed by atoms with Crippen molar-refractivity contribution in [1.82, 2.24) is 14.9 Å². The molecule has 0 spiro atoms. The van der Waals surface area contributed by atoms with Gasteiger partial charge in [-0.25, -0.2) is 4.98 Å². The van der Waals surface area contributed by atoms with Crippen LogP contribution < -0.4 is 10.1 Å². The Morgan fingerprint density at radius 2 is 2.14 bits per heavy atom. The standard InChI is InChI=1S/C22H23FN4O/c23-8-1-11-28-22-19(18-4-2-16(13-24)3-5-18)12-21-20(26-22)7-10-27(21)15-17-6-9-25-14-17/h2-5,7,10,12,17,25H,1,6,8-9,11,14-15H2/t17-/m0/s1. The lowest BCUT2D eigenvalue weighted by Gasteiger charge is -2.14. The van der Waals surface area contributed by atoms with Crippen molar-refractivity contribution in [3.05, 3.63) is 48.2 Å². The molecule has 1 N–H and O–H groups in total. The largest absolute Gasteiger partial charge is 0.477 e. The van der Waals surface area contributed by atoms with E-state index < -0.39 is 6.67 Å². The molecule has 1 aliphatic heterocycles. The number of alkyl halides is 1. The molecule has 0 unspecified atom stereocenters. The van der Waals surface area contributed by atoms with Crippen LogP contribution in [0.1, 0.15) is 18.4 Å². The van der Waals surface area contributed by atoms with Gasteiger partial charge >= 0.3 is 0 Å². The van der Waals surface area contributed by atoms with Gasteiger partial charge in [-0.15, -0.1) is 0 Å². The third-order valence-electron chi connectivity index (χ3n) is 5.18. The summed E-state index contributed by atoms with van der Waals surface area (Å²) in [5, 5.41) is 12.5. The topological polar surface area (TPSA) is 62.9 Å². The summed E-state index contributed by atoms with van der Waals surface area (Å²) in [6.07, 6.45) is 3.59. The summed E-state index contributed by atoms with van der Waals surface area (Å²) >= 11 is 0. The van der Waals surface area contributed by atoms with Gasteiger partial charge in [-0.2, -0.15) is 5.26 Å². The quantitative estimate of drug-likeness (QED) is 0.633. The number of aromatic nitrogens is 2. The van der Waals surface area contributed by atoms with Crippen LogP contribution in [0.25, 0.3) is 22.2 Å². The fourth-order valence-corrected chi connectivity index (χ4v) is 3.67. The minimum atomic E-state index is -0.416. The van der Waals surface area contributed by atoms with Gasteiger partial charge in [-0.3, -0.25) is 4.39 Å². The summed E-state index contributed by atoms with van der Waals surface area (Å²) in [6, 6.07) is 13.6. The fraction of sp³-hybridized carbons (Fsp3) is 0.364. The molecule has 3 heterocycles. The van der Waals surface area contributed by atoms with Crippen LogP contribution in [0.15, 0.2) is 42.6 Å². The van der Waals surface area contributed by atoms with Crippen LogP contribution in [0.4, 0.5) is 4.39 Å². The van der Waals surface area contributed by atoms with Crippen LogP contribution >= 0.6 is 0 Å². The Kier molecular flexibility index (Phi) is 5.54. The number of benzene rings is 1. The van der Waals surface area contributed by atoms with E-state index in [1.54, 1.807) is 12.1 Å². The number of nitrogens with zero attached hydrogens (tertiary/aromatic N) is 3. The third-order valence-corrected chi connectivity index (χ3v) is 5.18. The van der Waals surface area contributed by atoms with E-state index in [4.69, 9.17) is 15.0 Å². The first kappa shape index (κ1) is 18.5. The van der Waals surface area contributed by atoms with Gasteiger partial charge in [0.05, 0.1) is 35.9 Å². The molecule has 0 bridgehead atoms. The normalized spacial score (nSPS) is 16.4. The Hall–Kier alpha value is -2.91. The number of nitriles is 1. The van der Waals surface area contributed by atoms with Crippen molar-refractivity contribution in [2.75, 3.05) is 26.4 Å². The summed E-state index contributed by atoms with van der Waals surface area (Å²) in [5.41, 5.74) is 4.33. The molecule has 1 aromatic carbocycles. The smallest absolute Gasteiger partial charge is 0.222 e. The van der Waals surface area contributed by atoms with Gasteiger partial charge < -0.3 is 14.6 Å². The number of fused-ring (bicyclic) bond motifs is 1. The van der Waals surface area contributed by atoms with Crippen molar-refractivity contribution >= 4 is 11.0 Å². The predicted molar refractivity (Wildman–Crippen MR) is 107 cm³/mol. The van der Waals surface area contributed by atoms with E-state index in [9.17, 15) is 4.39 Å². The van der Waals surface area contributed by atoms with Gasteiger partial charge in [0, 0.05) is 24.7 Å². The summed E-state index contributed by atoms with van der Waals surface area (Å²) in [6.45, 7) is 2.94. The molecular weight excluding hydrogens is 355 g/mol. The number of hydrogen-bond acceptors (Lipinski definition) is 4. The lowest BCUT2D eigenvalue weighted by atomic mass is 10.0. The number of pyridine rings is 1. The fourth-order valence-electron chi connectivity index (χ4n) is 3.67. The van der Waals surface area contributed by atoms with E-state index in [1.165, 1.54) is 6.42 Å². The molecule has 0 amide bonds. The first-order valence-corrected chi connectivity index (χ1v) is 9.68. The molecule has 1 saturated heterocycles. The van der Waals surface area contributed by atoms with Gasteiger partial charge in [0.25, 0.3) is 0 Å². The summed E-state index contributed by atoms with van der Waals surface area (Å²) in [7, 11) is 0. The van der Waals surface area contributed by atoms with Gasteiger partial charge in [0.15, 0.2) is 0 Å². The zero-order valence-corrected chi connectivity index (χ0v) is 15.7. The maximum Gasteiger partial charge on any atom is 0.222 e. The van der Waals surface area contributed by atoms with Crippen molar-refractivity contribution in [3.8, 4) is 23.1 Å². The second-order valence-electron chi connectivity index (χ2n) is 7.15. The molecule has 4 rings (SSSR count). The highest BCUT2D eigenvalue weighted by molar-refractivity contribution is 5.84. The predicted octanol–water partition coefficient (Wildman–Crippen LogP) is 3.92. The van der Waals surface area contributed by atoms with E-state index in [-0.39, 0.29) is 6.61 Å². The maximum absolute atomic E-state index is 12.5. The number of nitrogens with one attached hydrogen (secondary N) is 1. The van der Waals surface area contributed by atoms with Gasteiger partial charge in [-0.1, -0.05) is 12.1 Å².